The van der Waals surface area contributed by atoms with E-state index in [2.05, 4.69) is 84.6 Å². The van der Waals surface area contributed by atoms with E-state index in [9.17, 15) is 25.2 Å². The zero-order valence-electron chi connectivity index (χ0n) is 43.0. The van der Waals surface area contributed by atoms with Crippen LogP contribution in [0.5, 0.6) is 28.7 Å². The minimum Gasteiger partial charge on any atom is -0.508 e. The van der Waals surface area contributed by atoms with Gasteiger partial charge in [0.1, 0.15) is 18.3 Å². The molecule has 0 radical (unpaired) electrons. The van der Waals surface area contributed by atoms with E-state index in [1.54, 1.807) is 33.7 Å². The van der Waals surface area contributed by atoms with Crippen LogP contribution in [0, 0.1) is 47.4 Å². The number of Topliss-reactive ketones (excluding diaryl/α,β-unsaturated/α-hetero) is 1. The third kappa shape index (κ3) is 13.1. The fourth-order valence-electron chi connectivity index (χ4n) is 11.6. The van der Waals surface area contributed by atoms with Gasteiger partial charge in [0.05, 0.1) is 30.9 Å². The number of nitrogens with two attached hydrogens (primary N) is 1. The molecule has 6 aliphatic rings. The molecule has 0 aromatic heterocycles. The first-order valence-electron chi connectivity index (χ1n) is 26.5. The third-order valence-corrected chi connectivity index (χ3v) is 18.2. The summed E-state index contributed by atoms with van der Waals surface area (Å²) in [5.74, 6) is 17.0. The predicted octanol–water partition coefficient (Wildman–Crippen LogP) is 8.37. The first-order valence-corrected chi connectivity index (χ1v) is 29.0. The van der Waals surface area contributed by atoms with Crippen molar-refractivity contribution in [1.29, 1.82) is 0 Å². The molecule has 74 heavy (non-hydrogen) atoms. The first kappa shape index (κ1) is 53.3. The number of benzene rings is 4. The highest BCUT2D eigenvalue weighted by molar-refractivity contribution is 8.76. The summed E-state index contributed by atoms with van der Waals surface area (Å²) >= 11 is 0. The van der Waals surface area contributed by atoms with Crippen LogP contribution in [-0.2, 0) is 49.7 Å². The summed E-state index contributed by atoms with van der Waals surface area (Å²) in [7, 11) is 5.02. The molecule has 4 aromatic rings. The maximum atomic E-state index is 13.3. The predicted molar refractivity (Wildman–Crippen MR) is 295 cm³/mol. The number of aliphatic hydroxyl groups is 2. The number of carbonyl (C=O) groups is 1. The quantitative estimate of drug-likeness (QED) is 0.0692. The molecule has 14 heteroatoms. The number of fused-ring (bicyclic) bond motifs is 7. The van der Waals surface area contributed by atoms with Crippen LogP contribution in [0.1, 0.15) is 110 Å². The number of aliphatic hydroxyl groups excluding tert-OH is 2. The van der Waals surface area contributed by atoms with E-state index in [0.717, 1.165) is 84.1 Å². The highest BCUT2D eigenvalue weighted by Gasteiger charge is 2.43. The van der Waals surface area contributed by atoms with Crippen LogP contribution in [0.4, 0.5) is 0 Å². The number of aromatic hydroxyl groups is 2. The van der Waals surface area contributed by atoms with Gasteiger partial charge in [0.25, 0.3) is 0 Å². The van der Waals surface area contributed by atoms with E-state index >= 15 is 0 Å². The highest BCUT2D eigenvalue weighted by Crippen LogP contribution is 2.47. The van der Waals surface area contributed by atoms with Gasteiger partial charge in [0.2, 0.25) is 6.29 Å². The van der Waals surface area contributed by atoms with E-state index in [-0.39, 0.29) is 61.2 Å². The number of hydrogen-bond donors (Lipinski definition) is 7. The molecule has 1 saturated carbocycles. The van der Waals surface area contributed by atoms with E-state index in [4.69, 9.17) is 24.9 Å². The zero-order valence-corrected chi connectivity index (χ0v) is 44.6. The van der Waals surface area contributed by atoms with Crippen molar-refractivity contribution in [2.24, 2.45) is 34.4 Å². The van der Waals surface area contributed by atoms with Crippen molar-refractivity contribution >= 4 is 33.3 Å². The number of aryl methyl sites for hydroxylation is 4. The number of aliphatic imine (C=N–C) groups is 1. The SMILES string of the molecule is COc1c(O)ccc2c1C#CCc1cc(c3c4c1OCNC1(CC#CC5NC(N)=NC(C(C)C)CSSCC5C(C3)C(O)O4)CCCC(Cc3cc(O)cc(CCc4ccccc4)c3)C1)CCC(O)CC(=O)CC2. The van der Waals surface area contributed by atoms with E-state index in [1.807, 2.05) is 18.2 Å². The molecule has 392 valence electrons. The molecule has 0 amide bonds. The average Bonchev–Trinajstić information content (AvgIpc) is 3.37. The summed E-state index contributed by atoms with van der Waals surface area (Å²) in [6.07, 6.45) is 6.78. The number of guanidine groups is 1. The lowest BCUT2D eigenvalue weighted by molar-refractivity contribution is -0.121. The number of nitrogens with zero attached hydrogens (tertiary/aromatic N) is 1. The number of methoxy groups -OCH3 is 1. The molecule has 1 spiro atoms. The smallest absolute Gasteiger partial charge is 0.201 e. The lowest BCUT2D eigenvalue weighted by atomic mass is 9.72. The van der Waals surface area contributed by atoms with Gasteiger partial charge in [-0.05, 0) is 122 Å². The number of nitrogens with one attached hydrogen (secondary N) is 2. The Morgan fingerprint density at radius 3 is 2.53 bits per heavy atom. The molecular weight excluding hydrogens is 969 g/mol. The van der Waals surface area contributed by atoms with Gasteiger partial charge < -0.3 is 45.7 Å². The molecule has 0 saturated heterocycles. The minimum absolute atomic E-state index is 0.00578. The molecule has 8 unspecified atom stereocenters. The Labute approximate surface area is 444 Å². The number of rotatable bonds is 7. The lowest BCUT2D eigenvalue weighted by Crippen LogP contribution is -2.52. The van der Waals surface area contributed by atoms with Gasteiger partial charge in [-0.1, -0.05) is 114 Å². The molecule has 4 heterocycles. The largest absolute Gasteiger partial charge is 0.508 e. The van der Waals surface area contributed by atoms with Crippen molar-refractivity contribution in [3.8, 4) is 52.4 Å². The van der Waals surface area contributed by atoms with Gasteiger partial charge >= 0.3 is 0 Å². The van der Waals surface area contributed by atoms with Crippen LogP contribution < -0.4 is 30.6 Å². The molecule has 10 rings (SSSR count). The molecule has 12 nitrogen and oxygen atoms in total. The minimum atomic E-state index is -1.22. The summed E-state index contributed by atoms with van der Waals surface area (Å²) in [4.78, 5) is 18.3. The number of phenolic OH excluding ortho intramolecular Hbond substituents is 2. The van der Waals surface area contributed by atoms with Crippen molar-refractivity contribution in [2.45, 2.75) is 140 Å². The Morgan fingerprint density at radius 1 is 0.892 bits per heavy atom. The summed E-state index contributed by atoms with van der Waals surface area (Å²) in [6, 6.07) is 21.5. The van der Waals surface area contributed by atoms with E-state index in [0.29, 0.717) is 72.5 Å². The molecule has 8 atom stereocenters. The van der Waals surface area contributed by atoms with Crippen LogP contribution in [0.3, 0.4) is 0 Å². The number of carbonyl (C=O) groups excluding carboxylic acids is 1. The van der Waals surface area contributed by atoms with Gasteiger partial charge in [0, 0.05) is 65.7 Å². The zero-order chi connectivity index (χ0) is 51.8. The average molecular weight is 1040 g/mol. The fraction of sp³-hybridized carbons (Fsp3) is 0.500. The molecule has 2 aliphatic carbocycles. The standard InChI is InChI=1S/C60H72N4O8S2/c1-37(2)53-35-74-73-34-51-50-32-49-43-19-22-46(66)31-45(65)21-18-42-20-23-54(68)56(70-3)48(42)14-7-13-44(30-43)55(57(49)72-58(50)69)71-36-62-60(25-9-15-52(51)63-59(61)64-53)24-8-12-40(33-60)27-41-26-39(28-47(67)29-41)17-16-38-10-5-4-6-11-38/h4-6,10-11,20,23,26,28-30,37,40,46,50-53,58,62,66-69H,8,12-13,16-19,21-22,24-25,27,31-36H2,1-3H3,(H3,61,63,64). The molecule has 6 bridgehead atoms. The van der Waals surface area contributed by atoms with Gasteiger partial charge in [0.15, 0.2) is 29.0 Å². The lowest BCUT2D eigenvalue weighted by Gasteiger charge is -2.42. The maximum Gasteiger partial charge on any atom is 0.201 e. The van der Waals surface area contributed by atoms with Crippen LogP contribution >= 0.6 is 21.6 Å². The molecule has 8 N–H and O–H groups in total. The number of hydrogen-bond acceptors (Lipinski definition) is 14. The monoisotopic (exact) mass is 1040 g/mol. The second kappa shape index (κ2) is 24.5. The van der Waals surface area contributed by atoms with E-state index < -0.39 is 29.9 Å². The van der Waals surface area contributed by atoms with Crippen LogP contribution in [0.15, 0.2) is 71.7 Å². The number of ketones is 1. The van der Waals surface area contributed by atoms with Gasteiger partial charge in [-0.15, -0.1) is 0 Å². The maximum absolute atomic E-state index is 13.3. The summed E-state index contributed by atoms with van der Waals surface area (Å²) in [5, 5.41) is 52.9. The summed E-state index contributed by atoms with van der Waals surface area (Å²) in [6.45, 7) is 4.44. The Hall–Kier alpha value is -5.48. The van der Waals surface area contributed by atoms with Crippen LogP contribution in [0.2, 0.25) is 0 Å². The van der Waals surface area contributed by atoms with Crippen molar-refractivity contribution in [2.75, 3.05) is 25.3 Å². The Balaban J connectivity index is 1.10. The number of phenols is 2. The Morgan fingerprint density at radius 2 is 1.70 bits per heavy atom. The first-order chi connectivity index (χ1) is 35.8. The van der Waals surface area contributed by atoms with E-state index in [1.165, 1.54) is 12.7 Å². The summed E-state index contributed by atoms with van der Waals surface area (Å²) < 4.78 is 19.4. The van der Waals surface area contributed by atoms with Gasteiger partial charge in [-0.3, -0.25) is 10.1 Å². The molecular formula is C60H72N4O8S2. The van der Waals surface area contributed by atoms with Crippen LogP contribution in [0.25, 0.3) is 0 Å². The van der Waals surface area contributed by atoms with Crippen molar-refractivity contribution in [3.05, 3.63) is 111 Å². The second-order valence-corrected chi connectivity index (χ2v) is 23.9. The Kier molecular flexibility index (Phi) is 17.6. The van der Waals surface area contributed by atoms with Gasteiger partial charge in [-0.2, -0.15) is 0 Å². The fourth-order valence-corrected chi connectivity index (χ4v) is 14.5. The molecule has 4 aromatic carbocycles. The normalized spacial score (nSPS) is 26.5. The van der Waals surface area contributed by atoms with Crippen molar-refractivity contribution in [3.63, 3.8) is 0 Å². The van der Waals surface area contributed by atoms with Crippen molar-refractivity contribution in [1.82, 2.24) is 10.6 Å². The van der Waals surface area contributed by atoms with Crippen LogP contribution in [-0.4, -0.2) is 87.5 Å². The molecule has 4 aliphatic heterocycles. The van der Waals surface area contributed by atoms with Crippen molar-refractivity contribution < 1.29 is 39.4 Å². The Bertz CT molecular complexity index is 2800. The highest BCUT2D eigenvalue weighted by atomic mass is 33.1. The second-order valence-electron chi connectivity index (χ2n) is 21.4. The van der Waals surface area contributed by atoms with Gasteiger partial charge in [-0.25, -0.2) is 4.99 Å². The molecule has 1 fully saturated rings. The number of ether oxygens (including phenoxy) is 3. The topological polar surface area (TPSA) is 188 Å². The third-order valence-electron chi connectivity index (χ3n) is 15.7. The summed E-state index contributed by atoms with van der Waals surface area (Å²) in [5.41, 5.74) is 13.7.